The molecule has 148 valence electrons. The highest BCUT2D eigenvalue weighted by molar-refractivity contribution is 5.97. The Hall–Kier alpha value is -3.29. The lowest BCUT2D eigenvalue weighted by Crippen LogP contribution is -2.28. The van der Waals surface area contributed by atoms with Crippen LogP contribution < -0.4 is 19.5 Å². The minimum Gasteiger partial charge on any atom is -0.493 e. The van der Waals surface area contributed by atoms with E-state index >= 15 is 0 Å². The van der Waals surface area contributed by atoms with Gasteiger partial charge in [-0.25, -0.2) is 0 Å². The first-order valence-electron chi connectivity index (χ1n) is 8.83. The number of likely N-dealkylation sites (tertiary alicyclic amines) is 1. The molecule has 1 aromatic heterocycles. The van der Waals surface area contributed by atoms with Crippen LogP contribution in [-0.2, 0) is 16.1 Å². The van der Waals surface area contributed by atoms with Gasteiger partial charge in [-0.2, -0.15) is 0 Å². The lowest BCUT2D eigenvalue weighted by molar-refractivity contribution is -0.128. The molecule has 0 spiro atoms. The predicted molar refractivity (Wildman–Crippen MR) is 102 cm³/mol. The molecule has 2 heterocycles. The van der Waals surface area contributed by atoms with E-state index in [-0.39, 0.29) is 18.2 Å². The zero-order valence-corrected chi connectivity index (χ0v) is 16.1. The topological polar surface area (TPSA) is 90.0 Å². The summed E-state index contributed by atoms with van der Waals surface area (Å²) in [6.45, 7) is 0.840. The van der Waals surface area contributed by atoms with Crippen LogP contribution in [0, 0.1) is 5.92 Å². The van der Waals surface area contributed by atoms with Gasteiger partial charge in [0.2, 0.25) is 17.6 Å². The summed E-state index contributed by atoms with van der Waals surface area (Å²) in [5.74, 6) is 0.649. The summed E-state index contributed by atoms with van der Waals surface area (Å²) >= 11 is 0. The number of amides is 2. The van der Waals surface area contributed by atoms with E-state index in [1.54, 1.807) is 29.4 Å². The Morgan fingerprint density at radius 2 is 1.79 bits per heavy atom. The summed E-state index contributed by atoms with van der Waals surface area (Å²) < 4.78 is 15.9. The van der Waals surface area contributed by atoms with Crippen molar-refractivity contribution in [3.05, 3.63) is 42.2 Å². The molecule has 8 heteroatoms. The first kappa shape index (κ1) is 19.5. The van der Waals surface area contributed by atoms with Crippen LogP contribution >= 0.6 is 0 Å². The molecule has 1 unspecified atom stereocenters. The number of pyridine rings is 1. The van der Waals surface area contributed by atoms with Crippen molar-refractivity contribution in [1.82, 2.24) is 9.88 Å². The van der Waals surface area contributed by atoms with Crippen molar-refractivity contribution < 1.29 is 23.8 Å². The second kappa shape index (κ2) is 8.60. The summed E-state index contributed by atoms with van der Waals surface area (Å²) in [6, 6.07) is 7.03. The van der Waals surface area contributed by atoms with Gasteiger partial charge in [0.25, 0.3) is 0 Å². The molecule has 28 heavy (non-hydrogen) atoms. The van der Waals surface area contributed by atoms with Gasteiger partial charge in [0.05, 0.1) is 27.2 Å². The zero-order chi connectivity index (χ0) is 20.1. The van der Waals surface area contributed by atoms with Gasteiger partial charge in [-0.3, -0.25) is 14.6 Å². The molecule has 0 aliphatic carbocycles. The summed E-state index contributed by atoms with van der Waals surface area (Å²) in [5.41, 5.74) is 1.49. The van der Waals surface area contributed by atoms with Gasteiger partial charge in [-0.05, 0) is 17.7 Å². The first-order valence-corrected chi connectivity index (χ1v) is 8.83. The number of carbonyl (C=O) groups is 2. The quantitative estimate of drug-likeness (QED) is 0.785. The van der Waals surface area contributed by atoms with Crippen molar-refractivity contribution in [2.45, 2.75) is 13.0 Å². The van der Waals surface area contributed by atoms with E-state index in [0.717, 1.165) is 5.56 Å². The second-order valence-electron chi connectivity index (χ2n) is 6.43. The molecular formula is C20H23N3O5. The molecule has 1 saturated heterocycles. The standard InChI is InChI=1S/C20H23N3O5/c1-26-16-9-15(10-17(27-2)19(16)28-3)22-20(25)14-8-18(24)23(12-14)11-13-4-6-21-7-5-13/h4-7,9-10,14H,8,11-12H2,1-3H3,(H,22,25). The van der Waals surface area contributed by atoms with Gasteiger partial charge in [0, 0.05) is 49.7 Å². The normalized spacial score (nSPS) is 16.0. The number of anilines is 1. The smallest absolute Gasteiger partial charge is 0.229 e. The number of rotatable bonds is 7. The number of carbonyl (C=O) groups excluding carboxylic acids is 2. The molecule has 1 aliphatic heterocycles. The third-order valence-electron chi connectivity index (χ3n) is 4.64. The number of methoxy groups -OCH3 is 3. The number of benzene rings is 1. The Bertz CT molecular complexity index is 831. The maximum Gasteiger partial charge on any atom is 0.229 e. The van der Waals surface area contributed by atoms with Crippen molar-refractivity contribution in [3.8, 4) is 17.2 Å². The molecule has 2 amide bonds. The maximum absolute atomic E-state index is 12.7. The largest absolute Gasteiger partial charge is 0.493 e. The minimum absolute atomic E-state index is 0.0399. The highest BCUT2D eigenvalue weighted by Crippen LogP contribution is 2.40. The molecule has 3 rings (SSSR count). The SMILES string of the molecule is COc1cc(NC(=O)C2CC(=O)N(Cc3ccncc3)C2)cc(OC)c1OC. The van der Waals surface area contributed by atoms with Crippen molar-refractivity contribution in [2.75, 3.05) is 33.2 Å². The molecule has 0 radical (unpaired) electrons. The molecule has 1 aromatic carbocycles. The molecule has 1 N–H and O–H groups in total. The number of nitrogens with one attached hydrogen (secondary N) is 1. The van der Waals surface area contributed by atoms with Crippen LogP contribution in [0.4, 0.5) is 5.69 Å². The van der Waals surface area contributed by atoms with Gasteiger partial charge >= 0.3 is 0 Å². The molecule has 8 nitrogen and oxygen atoms in total. The summed E-state index contributed by atoms with van der Waals surface area (Å²) in [4.78, 5) is 30.7. The Morgan fingerprint density at radius 3 is 2.36 bits per heavy atom. The maximum atomic E-state index is 12.7. The van der Waals surface area contributed by atoms with Crippen LogP contribution in [0.3, 0.4) is 0 Å². The van der Waals surface area contributed by atoms with E-state index in [1.807, 2.05) is 12.1 Å². The fourth-order valence-electron chi connectivity index (χ4n) is 3.21. The van der Waals surface area contributed by atoms with E-state index in [2.05, 4.69) is 10.3 Å². The monoisotopic (exact) mass is 385 g/mol. The minimum atomic E-state index is -0.423. The third kappa shape index (κ3) is 4.16. The van der Waals surface area contributed by atoms with Crippen molar-refractivity contribution in [3.63, 3.8) is 0 Å². The molecule has 1 atom stereocenters. The number of nitrogens with zero attached hydrogens (tertiary/aromatic N) is 2. The average molecular weight is 385 g/mol. The zero-order valence-electron chi connectivity index (χ0n) is 16.1. The third-order valence-corrected chi connectivity index (χ3v) is 4.64. The second-order valence-corrected chi connectivity index (χ2v) is 6.43. The molecule has 0 bridgehead atoms. The van der Waals surface area contributed by atoms with Gasteiger partial charge in [-0.1, -0.05) is 0 Å². The number of hydrogen-bond donors (Lipinski definition) is 1. The van der Waals surface area contributed by atoms with E-state index < -0.39 is 5.92 Å². The van der Waals surface area contributed by atoms with Crippen LogP contribution in [0.1, 0.15) is 12.0 Å². The van der Waals surface area contributed by atoms with Crippen LogP contribution in [0.25, 0.3) is 0 Å². The first-order chi connectivity index (χ1) is 13.5. The summed E-state index contributed by atoms with van der Waals surface area (Å²) in [5, 5.41) is 2.85. The molecule has 1 aliphatic rings. The van der Waals surface area contributed by atoms with Gasteiger partial charge in [0.1, 0.15) is 0 Å². The lowest BCUT2D eigenvalue weighted by Gasteiger charge is -2.17. The highest BCUT2D eigenvalue weighted by Gasteiger charge is 2.34. The van der Waals surface area contributed by atoms with Crippen molar-refractivity contribution >= 4 is 17.5 Å². The number of aromatic nitrogens is 1. The van der Waals surface area contributed by atoms with Crippen LogP contribution in [0.5, 0.6) is 17.2 Å². The fourth-order valence-corrected chi connectivity index (χ4v) is 3.21. The summed E-state index contributed by atoms with van der Waals surface area (Å²) in [7, 11) is 4.53. The van der Waals surface area contributed by atoms with E-state index in [1.165, 1.54) is 21.3 Å². The van der Waals surface area contributed by atoms with Crippen LogP contribution in [0.2, 0.25) is 0 Å². The van der Waals surface area contributed by atoms with E-state index in [0.29, 0.717) is 36.0 Å². The Balaban J connectivity index is 1.69. The predicted octanol–water partition coefficient (Wildman–Crippen LogP) is 2.09. The Kier molecular flexibility index (Phi) is 5.98. The highest BCUT2D eigenvalue weighted by atomic mass is 16.5. The van der Waals surface area contributed by atoms with Crippen LogP contribution in [-0.4, -0.2) is 49.6 Å². The fraction of sp³-hybridized carbons (Fsp3) is 0.350. The van der Waals surface area contributed by atoms with E-state index in [4.69, 9.17) is 14.2 Å². The van der Waals surface area contributed by atoms with Gasteiger partial charge in [0.15, 0.2) is 11.5 Å². The van der Waals surface area contributed by atoms with Crippen molar-refractivity contribution in [1.29, 1.82) is 0 Å². The Labute approximate surface area is 163 Å². The Morgan fingerprint density at radius 1 is 1.14 bits per heavy atom. The lowest BCUT2D eigenvalue weighted by atomic mass is 10.1. The summed E-state index contributed by atoms with van der Waals surface area (Å²) in [6.07, 6.45) is 3.55. The molecular weight excluding hydrogens is 362 g/mol. The van der Waals surface area contributed by atoms with E-state index in [9.17, 15) is 9.59 Å². The van der Waals surface area contributed by atoms with Gasteiger partial charge < -0.3 is 24.4 Å². The number of ether oxygens (including phenoxy) is 3. The van der Waals surface area contributed by atoms with Gasteiger partial charge in [-0.15, -0.1) is 0 Å². The van der Waals surface area contributed by atoms with Crippen LogP contribution in [0.15, 0.2) is 36.7 Å². The number of hydrogen-bond acceptors (Lipinski definition) is 6. The molecule has 2 aromatic rings. The molecule has 1 fully saturated rings. The molecule has 0 saturated carbocycles. The van der Waals surface area contributed by atoms with Crippen molar-refractivity contribution in [2.24, 2.45) is 5.92 Å². The average Bonchev–Trinajstić information content (AvgIpc) is 3.08.